The van der Waals surface area contributed by atoms with Gasteiger partial charge in [-0.05, 0) is 61.8 Å². The number of carboxylic acid groups (broad SMARTS) is 1. The number of fused-ring (bicyclic) bond motifs is 2. The minimum atomic E-state index is -0.614. The Hall–Kier alpha value is -1.31. The van der Waals surface area contributed by atoms with Crippen molar-refractivity contribution in [1.82, 2.24) is 0 Å². The van der Waals surface area contributed by atoms with Gasteiger partial charge >= 0.3 is 5.97 Å². The van der Waals surface area contributed by atoms with Crippen molar-refractivity contribution in [3.05, 3.63) is 35.9 Å². The molecule has 0 spiro atoms. The average Bonchev–Trinajstić information content (AvgIpc) is 2.48. The van der Waals surface area contributed by atoms with Crippen LogP contribution in [-0.2, 0) is 10.2 Å². The van der Waals surface area contributed by atoms with Crippen LogP contribution in [0.4, 0.5) is 0 Å². The molecular formula is C20H30O2. The summed E-state index contributed by atoms with van der Waals surface area (Å²) in [6.07, 6.45) is 5.14. The Morgan fingerprint density at radius 2 is 1.77 bits per heavy atom. The lowest BCUT2D eigenvalue weighted by atomic mass is 9.50. The van der Waals surface area contributed by atoms with E-state index in [1.807, 2.05) is 26.8 Å². The first kappa shape index (κ1) is 17.1. The van der Waals surface area contributed by atoms with E-state index >= 15 is 0 Å². The van der Waals surface area contributed by atoms with E-state index in [4.69, 9.17) is 0 Å². The Kier molecular flexibility index (Phi) is 4.99. The fraction of sp³-hybridized carbons (Fsp3) is 0.650. The van der Waals surface area contributed by atoms with Crippen molar-refractivity contribution in [2.45, 2.75) is 65.2 Å². The number of hydrogen-bond donors (Lipinski definition) is 1. The Morgan fingerprint density at radius 3 is 2.36 bits per heavy atom. The molecule has 2 aliphatic rings. The third kappa shape index (κ3) is 3.06. The average molecular weight is 302 g/mol. The molecule has 0 amide bonds. The van der Waals surface area contributed by atoms with Crippen molar-refractivity contribution in [2.24, 2.45) is 17.3 Å². The largest absolute Gasteiger partial charge is 0.481 e. The van der Waals surface area contributed by atoms with Crippen LogP contribution >= 0.6 is 0 Å². The summed E-state index contributed by atoms with van der Waals surface area (Å²) in [5, 5.41) is 9.68. The summed E-state index contributed by atoms with van der Waals surface area (Å²) in [5.74, 6) is 0.651. The second-order valence-electron chi connectivity index (χ2n) is 7.51. The first-order valence-electron chi connectivity index (χ1n) is 8.72. The molecule has 0 radical (unpaired) electrons. The van der Waals surface area contributed by atoms with Crippen molar-refractivity contribution in [1.29, 1.82) is 0 Å². The predicted octanol–water partition coefficient (Wildman–Crippen LogP) is 5.27. The highest BCUT2D eigenvalue weighted by Gasteiger charge is 2.53. The molecule has 0 saturated heterocycles. The van der Waals surface area contributed by atoms with Crippen LogP contribution < -0.4 is 0 Å². The molecule has 122 valence electrons. The van der Waals surface area contributed by atoms with E-state index in [-0.39, 0.29) is 5.41 Å². The molecule has 0 heterocycles. The number of carbonyl (C=O) groups is 1. The second kappa shape index (κ2) is 6.44. The van der Waals surface area contributed by atoms with Crippen LogP contribution in [0.25, 0.3) is 0 Å². The van der Waals surface area contributed by atoms with Gasteiger partial charge in [0, 0.05) is 0 Å². The van der Waals surface area contributed by atoms with Crippen molar-refractivity contribution >= 4 is 5.97 Å². The molecule has 4 atom stereocenters. The summed E-state index contributed by atoms with van der Waals surface area (Å²) in [7, 11) is 0. The molecule has 2 bridgehead atoms. The van der Waals surface area contributed by atoms with Gasteiger partial charge in [-0.2, -0.15) is 0 Å². The zero-order valence-electron chi connectivity index (χ0n) is 14.4. The summed E-state index contributed by atoms with van der Waals surface area (Å²) in [5.41, 5.74) is 0.872. The van der Waals surface area contributed by atoms with Crippen LogP contribution in [0, 0.1) is 17.3 Å². The van der Waals surface area contributed by atoms with Crippen molar-refractivity contribution in [2.75, 3.05) is 0 Å². The molecule has 2 nitrogen and oxygen atoms in total. The first-order valence-corrected chi connectivity index (χ1v) is 8.72. The van der Waals surface area contributed by atoms with Gasteiger partial charge in [0.05, 0.1) is 5.41 Å². The second-order valence-corrected chi connectivity index (χ2v) is 7.51. The predicted molar refractivity (Wildman–Crippen MR) is 90.9 cm³/mol. The first-order chi connectivity index (χ1) is 10.4. The minimum Gasteiger partial charge on any atom is -0.481 e. The van der Waals surface area contributed by atoms with Crippen LogP contribution in [0.15, 0.2) is 30.3 Å². The molecule has 2 heteroatoms. The highest BCUT2D eigenvalue weighted by atomic mass is 16.4. The number of aliphatic carboxylic acids is 1. The third-order valence-electron chi connectivity index (χ3n) is 5.52. The zero-order valence-corrected chi connectivity index (χ0v) is 14.4. The summed E-state index contributed by atoms with van der Waals surface area (Å²) in [6.45, 7) is 8.28. The van der Waals surface area contributed by atoms with E-state index in [1.165, 1.54) is 18.4 Å². The van der Waals surface area contributed by atoms with Gasteiger partial charge in [-0.15, -0.1) is 0 Å². The van der Waals surface area contributed by atoms with E-state index in [9.17, 15) is 9.90 Å². The van der Waals surface area contributed by atoms with Crippen LogP contribution in [-0.4, -0.2) is 11.1 Å². The number of benzene rings is 1. The number of hydrogen-bond acceptors (Lipinski definition) is 1. The molecule has 22 heavy (non-hydrogen) atoms. The Morgan fingerprint density at radius 1 is 1.14 bits per heavy atom. The molecule has 2 aliphatic carbocycles. The van der Waals surface area contributed by atoms with Gasteiger partial charge in [0.25, 0.3) is 0 Å². The monoisotopic (exact) mass is 302 g/mol. The highest BCUT2D eigenvalue weighted by molar-refractivity contribution is 5.74. The molecule has 1 aromatic carbocycles. The number of carboxylic acids is 1. The van der Waals surface area contributed by atoms with Gasteiger partial charge < -0.3 is 5.11 Å². The zero-order chi connectivity index (χ0) is 16.4. The van der Waals surface area contributed by atoms with Crippen molar-refractivity contribution in [3.8, 4) is 0 Å². The molecule has 1 aromatic rings. The van der Waals surface area contributed by atoms with Gasteiger partial charge in [-0.3, -0.25) is 4.79 Å². The van der Waals surface area contributed by atoms with Gasteiger partial charge in [-0.1, -0.05) is 51.1 Å². The summed E-state index contributed by atoms with van der Waals surface area (Å²) in [6, 6.07) is 10.6. The normalized spacial score (nSPS) is 36.9. The van der Waals surface area contributed by atoms with Gasteiger partial charge in [-0.25, -0.2) is 0 Å². The smallest absolute Gasteiger partial charge is 0.309 e. The fourth-order valence-corrected chi connectivity index (χ4v) is 5.09. The quantitative estimate of drug-likeness (QED) is 0.808. The molecule has 3 rings (SSSR count). The van der Waals surface area contributed by atoms with E-state index in [2.05, 4.69) is 31.2 Å². The number of rotatable bonds is 2. The molecule has 0 aromatic heterocycles. The molecule has 1 N–H and O–H groups in total. The van der Waals surface area contributed by atoms with Crippen LogP contribution in [0.1, 0.15) is 65.4 Å². The van der Waals surface area contributed by atoms with Gasteiger partial charge in [0.2, 0.25) is 0 Å². The third-order valence-corrected chi connectivity index (χ3v) is 5.52. The molecule has 2 fully saturated rings. The van der Waals surface area contributed by atoms with Crippen molar-refractivity contribution < 1.29 is 9.90 Å². The Balaban J connectivity index is 0.000000847. The molecule has 2 saturated carbocycles. The van der Waals surface area contributed by atoms with Gasteiger partial charge in [0.15, 0.2) is 0 Å². The standard InChI is InChI=1S/C18H24O2.C2H6/c1-13-8-14-10-17(2,16(19)20)12-18(9-13,11-14)15-6-4-3-5-7-15;1-2/h3-7,13-14H,8-12H2,1-2H3,(H,19,20);1-2H3. The fourth-order valence-electron chi connectivity index (χ4n) is 5.09. The molecular weight excluding hydrogens is 272 g/mol. The summed E-state index contributed by atoms with van der Waals surface area (Å²) < 4.78 is 0. The summed E-state index contributed by atoms with van der Waals surface area (Å²) in [4.78, 5) is 11.8. The van der Waals surface area contributed by atoms with Crippen LogP contribution in [0.3, 0.4) is 0 Å². The lowest BCUT2D eigenvalue weighted by Gasteiger charge is -2.53. The van der Waals surface area contributed by atoms with Crippen molar-refractivity contribution in [3.63, 3.8) is 0 Å². The lowest BCUT2D eigenvalue weighted by molar-refractivity contribution is -0.154. The summed E-state index contributed by atoms with van der Waals surface area (Å²) >= 11 is 0. The molecule has 4 unspecified atom stereocenters. The topological polar surface area (TPSA) is 37.3 Å². The van der Waals surface area contributed by atoms with E-state index < -0.39 is 11.4 Å². The van der Waals surface area contributed by atoms with Gasteiger partial charge in [0.1, 0.15) is 0 Å². The maximum Gasteiger partial charge on any atom is 0.309 e. The van der Waals surface area contributed by atoms with E-state index in [1.54, 1.807) is 0 Å². The Labute approximate surface area is 134 Å². The maximum atomic E-state index is 11.8. The minimum absolute atomic E-state index is 0.0784. The maximum absolute atomic E-state index is 11.8. The highest BCUT2D eigenvalue weighted by Crippen LogP contribution is 2.57. The van der Waals surface area contributed by atoms with Crippen LogP contribution in [0.5, 0.6) is 0 Å². The van der Waals surface area contributed by atoms with Crippen LogP contribution in [0.2, 0.25) is 0 Å². The Bertz CT molecular complexity index is 506. The SMILES string of the molecule is CC.CC1CC2CC(C)(C(=O)O)CC(c3ccccc3)(C1)C2. The van der Waals surface area contributed by atoms with E-state index in [0.717, 1.165) is 19.3 Å². The lowest BCUT2D eigenvalue weighted by Crippen LogP contribution is -2.49. The van der Waals surface area contributed by atoms with E-state index in [0.29, 0.717) is 11.8 Å². The molecule has 0 aliphatic heterocycles.